The van der Waals surface area contributed by atoms with E-state index in [1.165, 1.54) is 6.07 Å². The average Bonchev–Trinajstić information content (AvgIpc) is 2.70. The Labute approximate surface area is 126 Å². The zero-order valence-corrected chi connectivity index (χ0v) is 13.0. The number of hydrogen-bond donors (Lipinski definition) is 1. The summed E-state index contributed by atoms with van der Waals surface area (Å²) in [5.41, 5.74) is -0.374. The minimum atomic E-state index is -4.43. The van der Waals surface area contributed by atoms with Gasteiger partial charge in [-0.05, 0) is 38.2 Å². The van der Waals surface area contributed by atoms with Gasteiger partial charge in [-0.15, -0.1) is 0 Å². The number of nitrogens with zero attached hydrogens (tertiary/aromatic N) is 2. The molecule has 0 bridgehead atoms. The van der Waals surface area contributed by atoms with Crippen LogP contribution in [0.15, 0.2) is 22.7 Å². The van der Waals surface area contributed by atoms with Gasteiger partial charge in [0.15, 0.2) is 10.6 Å². The molecule has 0 aliphatic carbocycles. The lowest BCUT2D eigenvalue weighted by atomic mass is 10.1. The zero-order valence-electron chi connectivity index (χ0n) is 10.6. The molecule has 1 N–H and O–H groups in total. The fraction of sp³-hybridized carbons (Fsp3) is 0.333. The van der Waals surface area contributed by atoms with E-state index >= 15 is 0 Å². The molecule has 0 radical (unpaired) electrons. The molecule has 1 heterocycles. The summed E-state index contributed by atoms with van der Waals surface area (Å²) in [6.07, 6.45) is -4.43. The van der Waals surface area contributed by atoms with Gasteiger partial charge in [0, 0.05) is 16.1 Å². The SMILES string of the molecule is CC(C)n1c(-c2ccc(Br)c(C(F)(F)F)c2)n[nH]c1=S. The molecule has 3 nitrogen and oxygen atoms in total. The van der Waals surface area contributed by atoms with Gasteiger partial charge < -0.3 is 0 Å². The van der Waals surface area contributed by atoms with Gasteiger partial charge in [0.25, 0.3) is 0 Å². The van der Waals surface area contributed by atoms with Crippen molar-refractivity contribution in [2.75, 3.05) is 0 Å². The summed E-state index contributed by atoms with van der Waals surface area (Å²) in [5, 5.41) is 6.64. The Hall–Kier alpha value is -1.15. The molecule has 1 aromatic carbocycles. The second-order valence-electron chi connectivity index (χ2n) is 4.51. The quantitative estimate of drug-likeness (QED) is 0.762. The van der Waals surface area contributed by atoms with Crippen LogP contribution in [0.5, 0.6) is 0 Å². The van der Waals surface area contributed by atoms with Gasteiger partial charge in [-0.25, -0.2) is 0 Å². The first kappa shape index (κ1) is 15.2. The highest BCUT2D eigenvalue weighted by atomic mass is 79.9. The number of alkyl halides is 3. The molecule has 0 unspecified atom stereocenters. The highest BCUT2D eigenvalue weighted by molar-refractivity contribution is 9.10. The van der Waals surface area contributed by atoms with Crippen LogP contribution in [0.3, 0.4) is 0 Å². The average molecular weight is 366 g/mol. The monoisotopic (exact) mass is 365 g/mol. The van der Waals surface area contributed by atoms with Crippen molar-refractivity contribution in [3.8, 4) is 11.4 Å². The van der Waals surface area contributed by atoms with Crippen LogP contribution in [0.4, 0.5) is 13.2 Å². The van der Waals surface area contributed by atoms with Gasteiger partial charge in [0.2, 0.25) is 0 Å². The third-order valence-electron chi connectivity index (χ3n) is 2.75. The zero-order chi connectivity index (χ0) is 15.1. The normalized spacial score (nSPS) is 12.2. The van der Waals surface area contributed by atoms with Gasteiger partial charge in [0.1, 0.15) is 0 Å². The van der Waals surface area contributed by atoms with Crippen LogP contribution in [0.1, 0.15) is 25.5 Å². The molecule has 108 valence electrons. The fourth-order valence-corrected chi connectivity index (χ4v) is 2.68. The molecule has 0 aliphatic rings. The predicted octanol–water partition coefficient (Wildman–Crippen LogP) is 4.97. The molecule has 0 amide bonds. The predicted molar refractivity (Wildman–Crippen MR) is 75.9 cm³/mol. The molecule has 2 rings (SSSR count). The number of aromatic nitrogens is 3. The Balaban J connectivity index is 2.63. The van der Waals surface area contributed by atoms with Crippen molar-refractivity contribution in [3.63, 3.8) is 0 Å². The van der Waals surface area contributed by atoms with Crippen LogP contribution < -0.4 is 0 Å². The molecule has 0 aliphatic heterocycles. The number of nitrogens with one attached hydrogen (secondary N) is 1. The Kier molecular flexibility index (Phi) is 4.06. The van der Waals surface area contributed by atoms with Gasteiger partial charge in [-0.1, -0.05) is 22.0 Å². The van der Waals surface area contributed by atoms with E-state index in [1.807, 2.05) is 13.8 Å². The fourth-order valence-electron chi connectivity index (χ4n) is 1.87. The van der Waals surface area contributed by atoms with E-state index in [1.54, 1.807) is 10.6 Å². The minimum Gasteiger partial charge on any atom is -0.298 e. The second kappa shape index (κ2) is 5.33. The van der Waals surface area contributed by atoms with E-state index in [2.05, 4.69) is 26.1 Å². The second-order valence-corrected chi connectivity index (χ2v) is 5.75. The van der Waals surface area contributed by atoms with E-state index in [4.69, 9.17) is 12.2 Å². The van der Waals surface area contributed by atoms with Crippen molar-refractivity contribution >= 4 is 28.1 Å². The summed E-state index contributed by atoms with van der Waals surface area (Å²) in [4.78, 5) is 0. The summed E-state index contributed by atoms with van der Waals surface area (Å²) in [7, 11) is 0. The Morgan fingerprint density at radius 3 is 2.55 bits per heavy atom. The first-order valence-electron chi connectivity index (χ1n) is 5.76. The minimum absolute atomic E-state index is 0.000945. The van der Waals surface area contributed by atoms with Gasteiger partial charge in [-0.3, -0.25) is 9.67 Å². The molecule has 0 fully saturated rings. The third kappa shape index (κ3) is 2.80. The lowest BCUT2D eigenvalue weighted by Gasteiger charge is -2.13. The molecular formula is C12H11BrF3N3S. The van der Waals surface area contributed by atoms with Gasteiger partial charge in [-0.2, -0.15) is 18.3 Å². The number of halogens is 4. The Morgan fingerprint density at radius 1 is 1.35 bits per heavy atom. The maximum Gasteiger partial charge on any atom is 0.417 e. The van der Waals surface area contributed by atoms with Gasteiger partial charge in [0.05, 0.1) is 5.56 Å². The van der Waals surface area contributed by atoms with Crippen molar-refractivity contribution < 1.29 is 13.2 Å². The Bertz CT molecular complexity index is 688. The maximum atomic E-state index is 12.9. The summed E-state index contributed by atoms with van der Waals surface area (Å²) < 4.78 is 40.8. The van der Waals surface area contributed by atoms with Crippen LogP contribution in [0.25, 0.3) is 11.4 Å². The molecule has 20 heavy (non-hydrogen) atoms. The van der Waals surface area contributed by atoms with E-state index < -0.39 is 11.7 Å². The summed E-state index contributed by atoms with van der Waals surface area (Å²) in [5.74, 6) is 0.392. The lowest BCUT2D eigenvalue weighted by molar-refractivity contribution is -0.138. The van der Waals surface area contributed by atoms with Crippen LogP contribution >= 0.6 is 28.1 Å². The molecule has 8 heteroatoms. The largest absolute Gasteiger partial charge is 0.417 e. The number of aromatic amines is 1. The van der Waals surface area contributed by atoms with Gasteiger partial charge >= 0.3 is 6.18 Å². The molecule has 1 aromatic heterocycles. The highest BCUT2D eigenvalue weighted by Gasteiger charge is 2.33. The number of hydrogen-bond acceptors (Lipinski definition) is 2. The molecule has 2 aromatic rings. The highest BCUT2D eigenvalue weighted by Crippen LogP contribution is 2.37. The third-order valence-corrected chi connectivity index (χ3v) is 3.73. The molecule has 0 saturated heterocycles. The van der Waals surface area contributed by atoms with E-state index in [0.717, 1.165) is 6.07 Å². The van der Waals surface area contributed by atoms with E-state index in [0.29, 0.717) is 16.2 Å². The van der Waals surface area contributed by atoms with E-state index in [-0.39, 0.29) is 10.5 Å². The maximum absolute atomic E-state index is 12.9. The number of rotatable bonds is 2. The first-order valence-corrected chi connectivity index (χ1v) is 6.96. The van der Waals surface area contributed by atoms with Crippen LogP contribution in [0.2, 0.25) is 0 Å². The van der Waals surface area contributed by atoms with E-state index in [9.17, 15) is 13.2 Å². The lowest BCUT2D eigenvalue weighted by Crippen LogP contribution is -2.08. The number of H-pyrrole nitrogens is 1. The smallest absolute Gasteiger partial charge is 0.298 e. The van der Waals surface area contributed by atoms with Crippen LogP contribution in [-0.4, -0.2) is 14.8 Å². The van der Waals surface area contributed by atoms with Crippen LogP contribution in [0, 0.1) is 4.77 Å². The molecule has 0 saturated carbocycles. The first-order chi connectivity index (χ1) is 9.21. The molecule has 0 spiro atoms. The van der Waals surface area contributed by atoms with Crippen molar-refractivity contribution in [3.05, 3.63) is 33.0 Å². The summed E-state index contributed by atoms with van der Waals surface area (Å²) in [6.45, 7) is 3.77. The van der Waals surface area contributed by atoms with Crippen molar-refractivity contribution in [1.29, 1.82) is 0 Å². The summed E-state index contributed by atoms with van der Waals surface area (Å²) >= 11 is 8.01. The van der Waals surface area contributed by atoms with Crippen molar-refractivity contribution in [2.24, 2.45) is 0 Å². The van der Waals surface area contributed by atoms with Crippen molar-refractivity contribution in [2.45, 2.75) is 26.1 Å². The topological polar surface area (TPSA) is 33.6 Å². The standard InChI is InChI=1S/C12H11BrF3N3S/c1-6(2)19-10(17-18-11(19)20)7-3-4-9(13)8(5-7)12(14,15)16/h3-6H,1-2H3,(H,18,20). The molecule has 0 atom stereocenters. The Morgan fingerprint density at radius 2 is 2.00 bits per heavy atom. The number of benzene rings is 1. The summed E-state index contributed by atoms with van der Waals surface area (Å²) in [6, 6.07) is 3.99. The van der Waals surface area contributed by atoms with Crippen LogP contribution in [-0.2, 0) is 6.18 Å². The molecular weight excluding hydrogens is 355 g/mol. The van der Waals surface area contributed by atoms with Crippen molar-refractivity contribution in [1.82, 2.24) is 14.8 Å².